The summed E-state index contributed by atoms with van der Waals surface area (Å²) in [7, 11) is 0. The lowest BCUT2D eigenvalue weighted by Gasteiger charge is -2.29. The van der Waals surface area contributed by atoms with Crippen molar-refractivity contribution in [3.05, 3.63) is 65.7 Å². The zero-order valence-corrected chi connectivity index (χ0v) is 61.8. The predicted octanol–water partition coefficient (Wildman–Crippen LogP) is -2.40. The van der Waals surface area contributed by atoms with Gasteiger partial charge in [0.05, 0.1) is 19.4 Å². The summed E-state index contributed by atoms with van der Waals surface area (Å²) in [6.45, 7) is 10.9. The molecule has 0 heterocycles. The number of aromatic hydroxyl groups is 1. The quantitative estimate of drug-likeness (QED) is 0.0307. The van der Waals surface area contributed by atoms with E-state index in [1.807, 2.05) is 20.1 Å². The Hall–Kier alpha value is -9.09. The molecular weight excluding hydrogens is 1380 g/mol. The maximum Gasteiger partial charge on any atom is 0.305 e. The lowest BCUT2D eigenvalue weighted by Crippen LogP contribution is -2.61. The fourth-order valence-corrected chi connectivity index (χ4v) is 11.4. The first-order chi connectivity index (χ1) is 48.6. The van der Waals surface area contributed by atoms with Gasteiger partial charge >= 0.3 is 5.97 Å². The molecule has 0 spiro atoms. The summed E-state index contributed by atoms with van der Waals surface area (Å²) >= 11 is 2.73. The van der Waals surface area contributed by atoms with E-state index in [1.165, 1.54) is 68.6 Å². The minimum atomic E-state index is -1.91. The topological polar surface area (TPSA) is 545 Å². The van der Waals surface area contributed by atoms with Crippen LogP contribution < -0.4 is 86.7 Å². The first-order valence-electron chi connectivity index (χ1n) is 34.2. The number of carbonyl (C=O) groups is 15. The number of rotatable bonds is 50. The number of unbranched alkanes of at least 4 members (excludes halogenated alkanes) is 2. The standard InChI is InChI=1S/C68H108N16O17S2/c1-37(2)31-48(58(72)91)78-61(94)45(20-14-16-28-70)76-65(98)51(34-53(71)87)79-62(95)47(26-30-103-9)77-60(93)44(19-13-15-27-69)75-54(88)36-73-59(92)49(32-41-17-11-10-12-18-41)81-67(100)57(39(5)6)84-66(99)52(35-55(89)90)80-64(97)50(33-42-21-23-43(86)24-22-42)82-68(101)56(38(3)4)83-63(96)46(25-29-102-8)74-40(7)85/h10-12,17-18,21-24,37-39,44-52,56-57,86H,13-16,19-20,25-36,69-70H2,1-9H3,(H2,71,87)(H2,72,91)(H,73,92)(H,74,85)(H,75,88)(H,76,98)(H,77,93)(H,78,94)(H,79,95)(H,80,97)(H,81,100)(H,82,101)(H,83,96)(H,84,99)(H,89,90)/t44-,45-,46-,47-,48-,49-,50-,51-,52-,56-,57-/m0/s1. The molecule has 0 aliphatic carbocycles. The number of phenolic OH excluding ortho intramolecular Hbond substituents is 1. The maximum atomic E-state index is 14.4. The lowest BCUT2D eigenvalue weighted by atomic mass is 9.99. The average Bonchev–Trinajstić information content (AvgIpc) is 0.849. The van der Waals surface area contributed by atoms with Gasteiger partial charge in [0.2, 0.25) is 82.7 Å². The number of carbonyl (C=O) groups excluding carboxylic acids is 14. The van der Waals surface area contributed by atoms with Crippen LogP contribution in [0, 0.1) is 17.8 Å². The van der Waals surface area contributed by atoms with Crippen LogP contribution in [0.2, 0.25) is 0 Å². The SMILES string of the molecule is CSCC[C@H](NC(C)=O)C(=O)N[C@H](C(=O)N[C@@H](Cc1ccc(O)cc1)C(=O)N[C@@H](CC(=O)O)C(=O)N[C@H](C(=O)N[C@@H](Cc1ccccc1)C(=O)NCC(=O)N[C@@H](CCCCN)C(=O)N[C@@H](CCSC)C(=O)N[C@@H](CC(N)=O)C(=O)N[C@@H](CCCCN)C(=O)N[C@@H](CC(C)C)C(N)=O)C(C)C)C(C)C. The van der Waals surface area contributed by atoms with Crippen LogP contribution in [-0.4, -0.2) is 209 Å². The van der Waals surface area contributed by atoms with E-state index in [0.29, 0.717) is 36.1 Å². The summed E-state index contributed by atoms with van der Waals surface area (Å²) in [5.41, 5.74) is 23.5. The van der Waals surface area contributed by atoms with Crippen molar-refractivity contribution in [3.63, 3.8) is 0 Å². The summed E-state index contributed by atoms with van der Waals surface area (Å²) in [4.78, 5) is 204. The molecule has 574 valence electrons. The van der Waals surface area contributed by atoms with E-state index in [2.05, 4.69) is 63.8 Å². The van der Waals surface area contributed by atoms with Gasteiger partial charge in [-0.05, 0) is 136 Å². The van der Waals surface area contributed by atoms with Crippen LogP contribution in [-0.2, 0) is 84.8 Å². The first-order valence-corrected chi connectivity index (χ1v) is 37.0. The second-order valence-electron chi connectivity index (χ2n) is 26.0. The molecule has 0 saturated heterocycles. The van der Waals surface area contributed by atoms with Gasteiger partial charge in [-0.3, -0.25) is 71.9 Å². The van der Waals surface area contributed by atoms with E-state index in [1.54, 1.807) is 50.4 Å². The Kier molecular flexibility index (Phi) is 41.9. The van der Waals surface area contributed by atoms with Crippen molar-refractivity contribution in [3.8, 4) is 5.75 Å². The van der Waals surface area contributed by atoms with Crippen molar-refractivity contribution in [2.24, 2.45) is 40.7 Å². The second-order valence-corrected chi connectivity index (χ2v) is 27.9. The number of amides is 14. The number of nitrogens with one attached hydrogen (secondary N) is 12. The number of nitrogens with two attached hydrogens (primary N) is 4. The van der Waals surface area contributed by atoms with Gasteiger partial charge in [0.25, 0.3) is 0 Å². The second kappa shape index (κ2) is 48.0. The van der Waals surface area contributed by atoms with Gasteiger partial charge in [-0.15, -0.1) is 0 Å². The first kappa shape index (κ1) is 90.0. The Morgan fingerprint density at radius 2 is 0.806 bits per heavy atom. The van der Waals surface area contributed by atoms with Crippen molar-refractivity contribution in [1.82, 2.24) is 63.8 Å². The number of benzene rings is 2. The van der Waals surface area contributed by atoms with Gasteiger partial charge in [-0.1, -0.05) is 84.0 Å². The maximum absolute atomic E-state index is 14.4. The molecule has 103 heavy (non-hydrogen) atoms. The number of carboxylic acid groups (broad SMARTS) is 1. The van der Waals surface area contributed by atoms with Crippen molar-refractivity contribution in [2.75, 3.05) is 43.7 Å². The van der Waals surface area contributed by atoms with E-state index >= 15 is 0 Å². The highest BCUT2D eigenvalue weighted by atomic mass is 32.2. The molecule has 2 rings (SSSR count). The van der Waals surface area contributed by atoms with Crippen molar-refractivity contribution < 1.29 is 82.1 Å². The van der Waals surface area contributed by atoms with Gasteiger partial charge in [-0.2, -0.15) is 23.5 Å². The Morgan fingerprint density at radius 3 is 1.23 bits per heavy atom. The summed E-state index contributed by atoms with van der Waals surface area (Å²) in [6, 6.07) is -1.69. The van der Waals surface area contributed by atoms with E-state index in [4.69, 9.17) is 22.9 Å². The third-order valence-electron chi connectivity index (χ3n) is 16.0. The summed E-state index contributed by atoms with van der Waals surface area (Å²) in [5, 5.41) is 50.7. The molecule has 22 N–H and O–H groups in total. The van der Waals surface area contributed by atoms with Crippen LogP contribution in [0.5, 0.6) is 5.75 Å². The number of carboxylic acids is 1. The van der Waals surface area contributed by atoms with Gasteiger partial charge < -0.3 is 96.9 Å². The number of phenols is 1. The van der Waals surface area contributed by atoms with Crippen molar-refractivity contribution >= 4 is 112 Å². The van der Waals surface area contributed by atoms with E-state index in [-0.39, 0.29) is 81.9 Å². The third kappa shape index (κ3) is 35.1. The molecule has 14 amide bonds. The normalized spacial score (nSPS) is 14.3. The number of thioether (sulfide) groups is 2. The minimum Gasteiger partial charge on any atom is -0.508 e. The van der Waals surface area contributed by atoms with Crippen LogP contribution in [0.1, 0.15) is 130 Å². The molecule has 0 unspecified atom stereocenters. The molecule has 0 radical (unpaired) electrons. The summed E-state index contributed by atoms with van der Waals surface area (Å²) in [6.07, 6.45) is 3.16. The van der Waals surface area contributed by atoms with Gasteiger partial charge in [0, 0.05) is 19.8 Å². The highest BCUT2D eigenvalue weighted by Crippen LogP contribution is 2.16. The summed E-state index contributed by atoms with van der Waals surface area (Å²) in [5.74, 6) is -14.8. The molecule has 0 aliphatic heterocycles. The Labute approximate surface area is 609 Å². The van der Waals surface area contributed by atoms with Crippen LogP contribution in [0.3, 0.4) is 0 Å². The number of primary amides is 2. The van der Waals surface area contributed by atoms with Crippen molar-refractivity contribution in [1.29, 1.82) is 0 Å². The molecule has 0 aliphatic rings. The fraction of sp³-hybridized carbons (Fsp3) is 0.603. The van der Waals surface area contributed by atoms with E-state index < -0.39 is 186 Å². The van der Waals surface area contributed by atoms with Crippen LogP contribution in [0.15, 0.2) is 54.6 Å². The third-order valence-corrected chi connectivity index (χ3v) is 17.3. The average molecular weight is 1490 g/mol. The highest BCUT2D eigenvalue weighted by Gasteiger charge is 2.38. The van der Waals surface area contributed by atoms with E-state index in [0.717, 1.165) is 0 Å². The van der Waals surface area contributed by atoms with Crippen LogP contribution in [0.25, 0.3) is 0 Å². The lowest BCUT2D eigenvalue weighted by molar-refractivity contribution is -0.142. The minimum absolute atomic E-state index is 0.0294. The molecule has 33 nitrogen and oxygen atoms in total. The van der Waals surface area contributed by atoms with Gasteiger partial charge in [0.15, 0.2) is 0 Å². The number of hydrogen-bond acceptors (Lipinski definition) is 20. The molecular formula is C68H108N16O17S2. The molecule has 2 aromatic rings. The molecule has 0 fully saturated rings. The van der Waals surface area contributed by atoms with Gasteiger partial charge in [-0.25, -0.2) is 0 Å². The number of hydrogen-bond donors (Lipinski definition) is 18. The zero-order valence-electron chi connectivity index (χ0n) is 60.2. The molecule has 0 aromatic heterocycles. The molecule has 35 heteroatoms. The number of aliphatic carboxylic acids is 1. The Bertz CT molecular complexity index is 3150. The van der Waals surface area contributed by atoms with Crippen molar-refractivity contribution in [2.45, 2.75) is 198 Å². The van der Waals surface area contributed by atoms with Crippen LogP contribution >= 0.6 is 23.5 Å². The fourth-order valence-electron chi connectivity index (χ4n) is 10.4. The molecule has 2 aromatic carbocycles. The zero-order chi connectivity index (χ0) is 77.5. The largest absolute Gasteiger partial charge is 0.508 e. The molecule has 11 atom stereocenters. The smallest absolute Gasteiger partial charge is 0.305 e. The molecule has 0 saturated carbocycles. The van der Waals surface area contributed by atoms with E-state index in [9.17, 15) is 82.1 Å². The van der Waals surface area contributed by atoms with Crippen LogP contribution in [0.4, 0.5) is 0 Å². The monoisotopic (exact) mass is 1480 g/mol. The summed E-state index contributed by atoms with van der Waals surface area (Å²) < 4.78 is 0. The Balaban J connectivity index is 2.46. The Morgan fingerprint density at radius 1 is 0.427 bits per heavy atom. The highest BCUT2D eigenvalue weighted by molar-refractivity contribution is 7.98. The molecule has 0 bridgehead atoms. The van der Waals surface area contributed by atoms with Gasteiger partial charge in [0.1, 0.15) is 72.2 Å². The predicted molar refractivity (Wildman–Crippen MR) is 388 cm³/mol.